The number of halogens is 2. The molecule has 0 saturated carbocycles. The summed E-state index contributed by atoms with van der Waals surface area (Å²) in [6.07, 6.45) is 2.06. The van der Waals surface area contributed by atoms with Crippen LogP contribution in [0.4, 0.5) is 0 Å². The maximum atomic E-state index is 8.12. The van der Waals surface area contributed by atoms with E-state index in [-0.39, 0.29) is 6.15 Å². The molecular weight excluding hydrogens is 302 g/mol. The van der Waals surface area contributed by atoms with Crippen molar-refractivity contribution in [3.05, 3.63) is 28.0 Å². The van der Waals surface area contributed by atoms with E-state index in [2.05, 4.69) is 42.9 Å². The molecule has 3 nitrogen and oxygen atoms in total. The smallest absolute Gasteiger partial charge is 0.259 e. The van der Waals surface area contributed by atoms with E-state index in [1.54, 1.807) is 0 Å². The lowest BCUT2D eigenvalue weighted by Crippen LogP contribution is -1.88. The first-order valence-corrected chi connectivity index (χ1v) is 5.23. The molecule has 1 rings (SSSR count). The van der Waals surface area contributed by atoms with Crippen molar-refractivity contribution in [1.29, 1.82) is 0 Å². The summed E-state index contributed by atoms with van der Waals surface area (Å²) in [4.78, 5) is 20.5. The van der Waals surface area contributed by atoms with Gasteiger partial charge in [0.25, 0.3) is 0 Å². The standard InChI is InChI=1S/C7H7Br2N.CO2/c1-5-2-6(9)4-10-7(5)3-8;2-1-3/h2,4H,3H2,1H3;. The first kappa shape index (κ1) is 12.5. The second kappa shape index (κ2) is 6.95. The number of hydrogen-bond donors (Lipinski definition) is 0. The molecule has 1 aromatic heterocycles. The molecule has 0 unspecified atom stereocenters. The van der Waals surface area contributed by atoms with Crippen LogP contribution in [-0.4, -0.2) is 11.1 Å². The zero-order valence-corrected chi connectivity index (χ0v) is 10.1. The molecule has 0 bridgehead atoms. The number of alkyl halides is 1. The maximum Gasteiger partial charge on any atom is 0.373 e. The van der Waals surface area contributed by atoms with Crippen molar-refractivity contribution in [1.82, 2.24) is 4.98 Å². The molecule has 0 saturated heterocycles. The molecular formula is C8H7Br2NO2. The third kappa shape index (κ3) is 4.93. The molecule has 0 spiro atoms. The van der Waals surface area contributed by atoms with Crippen molar-refractivity contribution in [2.24, 2.45) is 0 Å². The summed E-state index contributed by atoms with van der Waals surface area (Å²) in [5, 5.41) is 0.826. The lowest BCUT2D eigenvalue weighted by molar-refractivity contribution is -0.191. The number of aromatic nitrogens is 1. The first-order valence-electron chi connectivity index (χ1n) is 3.32. The molecule has 0 radical (unpaired) electrons. The summed E-state index contributed by atoms with van der Waals surface area (Å²) in [7, 11) is 0. The van der Waals surface area contributed by atoms with Gasteiger partial charge in [0.05, 0.1) is 5.69 Å². The average Bonchev–Trinajstić information content (AvgIpc) is 2.06. The predicted octanol–water partition coefficient (Wildman–Crippen LogP) is 2.46. The van der Waals surface area contributed by atoms with Gasteiger partial charge >= 0.3 is 6.15 Å². The van der Waals surface area contributed by atoms with Gasteiger partial charge < -0.3 is 0 Å². The highest BCUT2D eigenvalue weighted by Crippen LogP contribution is 2.14. The van der Waals surface area contributed by atoms with Gasteiger partial charge in [-0.2, -0.15) is 9.59 Å². The van der Waals surface area contributed by atoms with Gasteiger partial charge in [0.2, 0.25) is 0 Å². The Morgan fingerprint density at radius 1 is 1.54 bits per heavy atom. The molecule has 5 heteroatoms. The van der Waals surface area contributed by atoms with Gasteiger partial charge in [-0.3, -0.25) is 4.98 Å². The number of aryl methyl sites for hydroxylation is 1. The Hall–Kier alpha value is -0.510. The van der Waals surface area contributed by atoms with E-state index >= 15 is 0 Å². The Balaban J connectivity index is 0.000000424. The van der Waals surface area contributed by atoms with Crippen LogP contribution in [0.1, 0.15) is 11.3 Å². The highest BCUT2D eigenvalue weighted by Gasteiger charge is 1.96. The monoisotopic (exact) mass is 307 g/mol. The first-order chi connectivity index (χ1) is 6.15. The Morgan fingerprint density at radius 3 is 2.46 bits per heavy atom. The number of rotatable bonds is 1. The molecule has 0 atom stereocenters. The third-order valence-electron chi connectivity index (χ3n) is 1.28. The Labute approximate surface area is 92.8 Å². The van der Waals surface area contributed by atoms with Crippen LogP contribution in [0.15, 0.2) is 16.7 Å². The third-order valence-corrected chi connectivity index (χ3v) is 2.24. The van der Waals surface area contributed by atoms with Gasteiger partial charge in [-0.1, -0.05) is 15.9 Å². The number of hydrogen-bond acceptors (Lipinski definition) is 3. The number of pyridine rings is 1. The summed E-state index contributed by atoms with van der Waals surface area (Å²) >= 11 is 6.70. The highest BCUT2D eigenvalue weighted by molar-refractivity contribution is 9.10. The summed E-state index contributed by atoms with van der Waals surface area (Å²) < 4.78 is 1.04. The Bertz CT molecular complexity index is 309. The molecule has 0 fully saturated rings. The largest absolute Gasteiger partial charge is 0.373 e. The van der Waals surface area contributed by atoms with E-state index in [1.807, 2.05) is 13.1 Å². The van der Waals surface area contributed by atoms with Crippen molar-refractivity contribution in [3.63, 3.8) is 0 Å². The van der Waals surface area contributed by atoms with Crippen molar-refractivity contribution >= 4 is 38.0 Å². The van der Waals surface area contributed by atoms with Crippen LogP contribution in [0.5, 0.6) is 0 Å². The predicted molar refractivity (Wildman–Crippen MR) is 54.3 cm³/mol. The molecule has 0 aromatic carbocycles. The molecule has 0 aliphatic carbocycles. The van der Waals surface area contributed by atoms with Crippen molar-refractivity contribution in [2.75, 3.05) is 0 Å². The summed E-state index contributed by atoms with van der Waals surface area (Å²) in [6, 6.07) is 2.06. The number of nitrogens with zero attached hydrogens (tertiary/aromatic N) is 1. The highest BCUT2D eigenvalue weighted by atomic mass is 79.9. The van der Waals surface area contributed by atoms with Crippen LogP contribution < -0.4 is 0 Å². The zero-order valence-electron chi connectivity index (χ0n) is 6.88. The summed E-state index contributed by atoms with van der Waals surface area (Å²) in [6.45, 7) is 2.05. The lowest BCUT2D eigenvalue weighted by atomic mass is 10.2. The van der Waals surface area contributed by atoms with Gasteiger partial charge in [0, 0.05) is 16.0 Å². The van der Waals surface area contributed by atoms with Gasteiger partial charge in [-0.05, 0) is 34.5 Å². The minimum atomic E-state index is 0.250. The molecule has 1 aromatic rings. The lowest BCUT2D eigenvalue weighted by Gasteiger charge is -1.99. The van der Waals surface area contributed by atoms with E-state index in [0.717, 1.165) is 15.5 Å². The topological polar surface area (TPSA) is 47.0 Å². The summed E-state index contributed by atoms with van der Waals surface area (Å²) in [5.74, 6) is 0. The fourth-order valence-corrected chi connectivity index (χ4v) is 1.74. The molecule has 13 heavy (non-hydrogen) atoms. The van der Waals surface area contributed by atoms with Crippen molar-refractivity contribution < 1.29 is 9.59 Å². The van der Waals surface area contributed by atoms with Crippen LogP contribution in [0.2, 0.25) is 0 Å². The minimum absolute atomic E-state index is 0.250. The van der Waals surface area contributed by atoms with E-state index in [9.17, 15) is 0 Å². The summed E-state index contributed by atoms with van der Waals surface area (Å²) in [5.41, 5.74) is 2.31. The fraction of sp³-hybridized carbons (Fsp3) is 0.250. The van der Waals surface area contributed by atoms with E-state index in [1.165, 1.54) is 5.56 Å². The van der Waals surface area contributed by atoms with Crippen LogP contribution in [0.25, 0.3) is 0 Å². The molecule has 0 amide bonds. The fourth-order valence-electron chi connectivity index (χ4n) is 0.709. The van der Waals surface area contributed by atoms with E-state index < -0.39 is 0 Å². The Morgan fingerprint density at radius 2 is 2.08 bits per heavy atom. The molecule has 1 heterocycles. The van der Waals surface area contributed by atoms with Crippen molar-refractivity contribution in [2.45, 2.75) is 12.3 Å². The molecule has 0 N–H and O–H groups in total. The van der Waals surface area contributed by atoms with Crippen LogP contribution >= 0.6 is 31.9 Å². The van der Waals surface area contributed by atoms with E-state index in [0.29, 0.717) is 0 Å². The second-order valence-corrected chi connectivity index (χ2v) is 3.61. The van der Waals surface area contributed by atoms with Crippen LogP contribution in [0, 0.1) is 6.92 Å². The van der Waals surface area contributed by atoms with Gasteiger partial charge in [0.15, 0.2) is 0 Å². The van der Waals surface area contributed by atoms with Crippen LogP contribution in [0.3, 0.4) is 0 Å². The number of carbonyl (C=O) groups excluding carboxylic acids is 2. The average molecular weight is 309 g/mol. The van der Waals surface area contributed by atoms with Gasteiger partial charge in [0.1, 0.15) is 0 Å². The van der Waals surface area contributed by atoms with Gasteiger partial charge in [-0.15, -0.1) is 0 Å². The SMILES string of the molecule is Cc1cc(Br)cnc1CBr.O=C=O. The van der Waals surface area contributed by atoms with Gasteiger partial charge in [-0.25, -0.2) is 0 Å². The van der Waals surface area contributed by atoms with Crippen LogP contribution in [-0.2, 0) is 14.9 Å². The quantitative estimate of drug-likeness (QED) is 0.749. The van der Waals surface area contributed by atoms with Crippen molar-refractivity contribution in [3.8, 4) is 0 Å². The zero-order chi connectivity index (χ0) is 10.3. The molecule has 0 aliphatic heterocycles. The Kier molecular flexibility index (Phi) is 6.68. The molecule has 0 aliphatic rings. The van der Waals surface area contributed by atoms with E-state index in [4.69, 9.17) is 9.59 Å². The minimum Gasteiger partial charge on any atom is -0.259 e. The second-order valence-electron chi connectivity index (χ2n) is 2.13. The maximum absolute atomic E-state index is 8.12. The molecule has 70 valence electrons. The normalized spacial score (nSPS) is 8.23.